The number of benzene rings is 1. The summed E-state index contributed by atoms with van der Waals surface area (Å²) in [6.45, 7) is 5.20. The molecule has 0 spiro atoms. The number of rotatable bonds is 7. The molecule has 0 radical (unpaired) electrons. The van der Waals surface area contributed by atoms with Crippen LogP contribution < -0.4 is 14.8 Å². The van der Waals surface area contributed by atoms with Crippen molar-refractivity contribution in [1.82, 2.24) is 19.9 Å². The maximum atomic E-state index is 5.44. The average Bonchev–Trinajstić information content (AvgIpc) is 3.35. The van der Waals surface area contributed by atoms with E-state index in [0.29, 0.717) is 12.7 Å². The molecule has 0 aliphatic carbocycles. The molecule has 0 fully saturated rings. The maximum absolute atomic E-state index is 5.44. The Morgan fingerprint density at radius 3 is 3.12 bits per heavy atom. The van der Waals surface area contributed by atoms with Gasteiger partial charge in [0.2, 0.25) is 6.79 Å². The number of thiazole rings is 1. The molecule has 0 amide bonds. The molecule has 1 aliphatic rings. The van der Waals surface area contributed by atoms with Gasteiger partial charge in [-0.05, 0) is 30.7 Å². The first-order chi connectivity index (χ1) is 12.3. The molecule has 0 saturated heterocycles. The maximum Gasteiger partial charge on any atom is 0.231 e. The number of aromatic nitrogens is 3. The zero-order valence-electron chi connectivity index (χ0n) is 14.0. The van der Waals surface area contributed by atoms with Crippen molar-refractivity contribution in [2.75, 3.05) is 13.3 Å². The zero-order valence-corrected chi connectivity index (χ0v) is 14.8. The topological polar surface area (TPSA) is 61.2 Å². The summed E-state index contributed by atoms with van der Waals surface area (Å²) >= 11 is 1.65. The lowest BCUT2D eigenvalue weighted by Gasteiger charge is -2.12. The summed E-state index contributed by atoms with van der Waals surface area (Å²) in [6.07, 6.45) is 5.66. The van der Waals surface area contributed by atoms with E-state index in [1.165, 1.54) is 0 Å². The number of hydrogen-bond acceptors (Lipinski definition) is 6. The molecule has 4 rings (SSSR count). The third-order valence-electron chi connectivity index (χ3n) is 4.05. The molecule has 1 unspecified atom stereocenters. The van der Waals surface area contributed by atoms with Gasteiger partial charge in [-0.15, -0.1) is 11.3 Å². The van der Waals surface area contributed by atoms with Gasteiger partial charge in [-0.2, -0.15) is 0 Å². The molecule has 1 atom stereocenters. The highest BCUT2D eigenvalue weighted by Crippen LogP contribution is 2.36. The third kappa shape index (κ3) is 3.83. The van der Waals surface area contributed by atoms with Crippen LogP contribution in [0.25, 0.3) is 10.6 Å². The van der Waals surface area contributed by atoms with Gasteiger partial charge in [0.1, 0.15) is 5.01 Å². The minimum atomic E-state index is 0.295. The molecular formula is C18H20N4O2S. The predicted octanol–water partition coefficient (Wildman–Crippen LogP) is 3.16. The largest absolute Gasteiger partial charge is 0.454 e. The van der Waals surface area contributed by atoms with Gasteiger partial charge in [0.25, 0.3) is 0 Å². The average molecular weight is 356 g/mol. The van der Waals surface area contributed by atoms with Gasteiger partial charge in [0.05, 0.1) is 12.0 Å². The van der Waals surface area contributed by atoms with E-state index in [-0.39, 0.29) is 0 Å². The van der Waals surface area contributed by atoms with Crippen molar-refractivity contribution in [1.29, 1.82) is 0 Å². The van der Waals surface area contributed by atoms with Gasteiger partial charge in [0, 0.05) is 36.4 Å². The Bertz CT molecular complexity index is 831. The predicted molar refractivity (Wildman–Crippen MR) is 96.8 cm³/mol. The van der Waals surface area contributed by atoms with Crippen molar-refractivity contribution >= 4 is 11.3 Å². The van der Waals surface area contributed by atoms with E-state index in [9.17, 15) is 0 Å². The highest BCUT2D eigenvalue weighted by atomic mass is 32.1. The van der Waals surface area contributed by atoms with Crippen molar-refractivity contribution in [2.45, 2.75) is 20.0 Å². The molecule has 3 aromatic rings. The van der Waals surface area contributed by atoms with Crippen molar-refractivity contribution in [3.8, 4) is 22.1 Å². The monoisotopic (exact) mass is 356 g/mol. The van der Waals surface area contributed by atoms with Crippen LogP contribution in [0.5, 0.6) is 11.5 Å². The smallest absolute Gasteiger partial charge is 0.231 e. The molecule has 7 heteroatoms. The third-order valence-corrected chi connectivity index (χ3v) is 4.99. The van der Waals surface area contributed by atoms with Crippen LogP contribution >= 0.6 is 11.3 Å². The van der Waals surface area contributed by atoms with Crippen LogP contribution in [0.15, 0.2) is 42.3 Å². The molecule has 25 heavy (non-hydrogen) atoms. The molecule has 1 N–H and O–H groups in total. The highest BCUT2D eigenvalue weighted by Gasteiger charge is 2.15. The molecule has 6 nitrogen and oxygen atoms in total. The van der Waals surface area contributed by atoms with Gasteiger partial charge in [-0.25, -0.2) is 9.97 Å². The summed E-state index contributed by atoms with van der Waals surface area (Å²) in [7, 11) is 0. The number of nitrogens with zero attached hydrogens (tertiary/aromatic N) is 3. The Labute approximate surface area is 150 Å². The molecule has 2 aromatic heterocycles. The Hall–Kier alpha value is -2.38. The van der Waals surface area contributed by atoms with Crippen molar-refractivity contribution < 1.29 is 9.47 Å². The summed E-state index contributed by atoms with van der Waals surface area (Å²) in [5.74, 6) is 2.12. The standard InChI is InChI=1S/C18H20N4O2S/c1-13(9-22-5-4-19-11-22)7-20-8-15-10-25-18(21-15)14-2-3-16-17(6-14)24-12-23-16/h2-6,10-11,13,20H,7-9,12H2,1H3. The number of hydrogen-bond donors (Lipinski definition) is 1. The molecule has 130 valence electrons. The number of ether oxygens (including phenoxy) is 2. The summed E-state index contributed by atoms with van der Waals surface area (Å²) in [4.78, 5) is 8.80. The van der Waals surface area contributed by atoms with Gasteiger partial charge in [-0.1, -0.05) is 6.92 Å². The minimum Gasteiger partial charge on any atom is -0.454 e. The van der Waals surface area contributed by atoms with Crippen molar-refractivity contribution in [3.63, 3.8) is 0 Å². The lowest BCUT2D eigenvalue weighted by molar-refractivity contribution is 0.174. The van der Waals surface area contributed by atoms with Crippen LogP contribution in [0.1, 0.15) is 12.6 Å². The number of nitrogens with one attached hydrogen (secondary N) is 1. The van der Waals surface area contributed by atoms with E-state index in [2.05, 4.69) is 27.2 Å². The fraction of sp³-hybridized carbons (Fsp3) is 0.333. The van der Waals surface area contributed by atoms with Gasteiger partial charge in [0.15, 0.2) is 11.5 Å². The zero-order chi connectivity index (χ0) is 17.1. The lowest BCUT2D eigenvalue weighted by atomic mass is 10.2. The molecule has 0 bridgehead atoms. The van der Waals surface area contributed by atoms with E-state index < -0.39 is 0 Å². The first kappa shape index (κ1) is 16.1. The van der Waals surface area contributed by atoms with Crippen LogP contribution in [0, 0.1) is 5.92 Å². The Morgan fingerprint density at radius 2 is 2.24 bits per heavy atom. The second-order valence-corrected chi connectivity index (χ2v) is 7.07. The second kappa shape index (κ2) is 7.25. The Balaban J connectivity index is 1.31. The number of imidazole rings is 1. The SMILES string of the molecule is CC(CNCc1csc(-c2ccc3c(c2)OCO3)n1)Cn1ccnc1. The van der Waals surface area contributed by atoms with E-state index >= 15 is 0 Å². The Kier molecular flexibility index (Phi) is 4.67. The van der Waals surface area contributed by atoms with E-state index in [1.54, 1.807) is 11.3 Å². The first-order valence-corrected chi connectivity index (χ1v) is 9.17. The van der Waals surface area contributed by atoms with Crippen molar-refractivity contribution in [3.05, 3.63) is 48.0 Å². The van der Waals surface area contributed by atoms with Gasteiger partial charge >= 0.3 is 0 Å². The summed E-state index contributed by atoms with van der Waals surface area (Å²) in [6, 6.07) is 5.96. The lowest BCUT2D eigenvalue weighted by Crippen LogP contribution is -2.23. The van der Waals surface area contributed by atoms with E-state index in [0.717, 1.165) is 47.4 Å². The van der Waals surface area contributed by atoms with E-state index in [1.807, 2.05) is 36.9 Å². The molecule has 1 aliphatic heterocycles. The van der Waals surface area contributed by atoms with Crippen molar-refractivity contribution in [2.24, 2.45) is 5.92 Å². The second-order valence-electron chi connectivity index (χ2n) is 6.21. The molecular weight excluding hydrogens is 336 g/mol. The summed E-state index contributed by atoms with van der Waals surface area (Å²) in [5, 5.41) is 6.59. The van der Waals surface area contributed by atoms with Gasteiger partial charge in [-0.3, -0.25) is 0 Å². The Morgan fingerprint density at radius 1 is 1.32 bits per heavy atom. The van der Waals surface area contributed by atoms with Crippen LogP contribution in [0.4, 0.5) is 0 Å². The first-order valence-electron chi connectivity index (χ1n) is 8.29. The fourth-order valence-corrected chi connectivity index (χ4v) is 3.63. The molecule has 1 aromatic carbocycles. The van der Waals surface area contributed by atoms with Gasteiger partial charge < -0.3 is 19.4 Å². The van der Waals surface area contributed by atoms with Crippen LogP contribution in [0.3, 0.4) is 0 Å². The van der Waals surface area contributed by atoms with Crippen LogP contribution in [-0.2, 0) is 13.1 Å². The minimum absolute atomic E-state index is 0.295. The molecule has 3 heterocycles. The summed E-state index contributed by atoms with van der Waals surface area (Å²) in [5.41, 5.74) is 2.13. The quantitative estimate of drug-likeness (QED) is 0.705. The van der Waals surface area contributed by atoms with Crippen LogP contribution in [-0.4, -0.2) is 27.9 Å². The fourth-order valence-electron chi connectivity index (χ4n) is 2.82. The summed E-state index contributed by atoms with van der Waals surface area (Å²) < 4.78 is 12.9. The highest BCUT2D eigenvalue weighted by molar-refractivity contribution is 7.13. The molecule has 0 saturated carbocycles. The van der Waals surface area contributed by atoms with Crippen LogP contribution in [0.2, 0.25) is 0 Å². The normalized spacial score (nSPS) is 14.0. The van der Waals surface area contributed by atoms with E-state index in [4.69, 9.17) is 14.5 Å². The number of fused-ring (bicyclic) bond motifs is 1.